The minimum absolute atomic E-state index is 0.00736. The van der Waals surface area contributed by atoms with Crippen LogP contribution in [0.25, 0.3) is 0 Å². The first-order valence-corrected chi connectivity index (χ1v) is 5.93. The maximum Gasteiger partial charge on any atom is 0.372 e. The summed E-state index contributed by atoms with van der Waals surface area (Å²) in [5, 5.41) is 8.87. The number of thioether (sulfide) groups is 1. The van der Waals surface area contributed by atoms with Crippen LogP contribution < -0.4 is 5.73 Å². The van der Waals surface area contributed by atoms with Gasteiger partial charge < -0.3 is 15.3 Å². The van der Waals surface area contributed by atoms with Gasteiger partial charge in [0.2, 0.25) is 5.76 Å². The molecule has 2 rings (SSSR count). The second kappa shape index (κ2) is 4.97. The van der Waals surface area contributed by atoms with Crippen LogP contribution >= 0.6 is 11.8 Å². The van der Waals surface area contributed by atoms with Crippen molar-refractivity contribution in [1.82, 2.24) is 0 Å². The van der Waals surface area contributed by atoms with Crippen LogP contribution in [0.2, 0.25) is 0 Å². The van der Waals surface area contributed by atoms with E-state index in [0.29, 0.717) is 17.0 Å². The van der Waals surface area contributed by atoms with Crippen molar-refractivity contribution in [2.24, 2.45) is 0 Å². The van der Waals surface area contributed by atoms with Crippen LogP contribution in [-0.2, 0) is 5.75 Å². The second-order valence-electron chi connectivity index (χ2n) is 3.44. The first kappa shape index (κ1) is 11.6. The lowest BCUT2D eigenvalue weighted by molar-refractivity contribution is 0.0661. The highest BCUT2D eigenvalue weighted by Crippen LogP contribution is 2.25. The van der Waals surface area contributed by atoms with E-state index in [1.165, 1.54) is 18.0 Å². The molecule has 0 saturated heterocycles. The number of benzene rings is 1. The molecule has 1 heterocycles. The van der Waals surface area contributed by atoms with E-state index < -0.39 is 5.97 Å². The molecule has 0 aliphatic carbocycles. The van der Waals surface area contributed by atoms with Gasteiger partial charge in [-0.15, -0.1) is 11.8 Å². The summed E-state index contributed by atoms with van der Waals surface area (Å²) in [7, 11) is 0. The van der Waals surface area contributed by atoms with Gasteiger partial charge >= 0.3 is 5.97 Å². The molecule has 1 aromatic carbocycles. The molecule has 5 heteroatoms. The molecule has 3 N–H and O–H groups in total. The quantitative estimate of drug-likeness (QED) is 0.643. The number of aromatic carboxylic acids is 1. The third-order valence-corrected chi connectivity index (χ3v) is 3.28. The first-order chi connectivity index (χ1) is 8.16. The van der Waals surface area contributed by atoms with Gasteiger partial charge in [0.1, 0.15) is 0 Å². The summed E-state index contributed by atoms with van der Waals surface area (Å²) < 4.78 is 4.90. The molecule has 0 atom stereocenters. The van der Waals surface area contributed by atoms with Gasteiger partial charge in [0.05, 0.1) is 6.26 Å². The molecule has 17 heavy (non-hydrogen) atoms. The zero-order valence-corrected chi connectivity index (χ0v) is 9.74. The van der Waals surface area contributed by atoms with Crippen LogP contribution in [0.4, 0.5) is 5.69 Å². The summed E-state index contributed by atoms with van der Waals surface area (Å²) in [6.45, 7) is 0. The number of hydrogen-bond donors (Lipinski definition) is 2. The number of hydrogen-bond acceptors (Lipinski definition) is 4. The van der Waals surface area contributed by atoms with Gasteiger partial charge in [0, 0.05) is 21.9 Å². The second-order valence-corrected chi connectivity index (χ2v) is 4.49. The lowest BCUT2D eigenvalue weighted by Crippen LogP contribution is -1.97. The van der Waals surface area contributed by atoms with E-state index in [2.05, 4.69) is 0 Å². The Bertz CT molecular complexity index is 519. The number of carboxylic acids is 1. The molecule has 0 bridgehead atoms. The molecule has 0 saturated carbocycles. The fraction of sp³-hybridized carbons (Fsp3) is 0.0833. The standard InChI is InChI=1S/C12H11NO3S/c13-9-1-3-10(4-2-9)17-7-8-5-6-16-11(8)12(14)15/h1-6H,7,13H2,(H,14,15). The van der Waals surface area contributed by atoms with Gasteiger partial charge in [0.25, 0.3) is 0 Å². The molecule has 0 aliphatic rings. The van der Waals surface area contributed by atoms with E-state index in [0.717, 1.165) is 4.90 Å². The third-order valence-electron chi connectivity index (χ3n) is 2.22. The number of carboxylic acid groups (broad SMARTS) is 1. The van der Waals surface area contributed by atoms with Crippen LogP contribution in [0.3, 0.4) is 0 Å². The Hall–Kier alpha value is -1.88. The summed E-state index contributed by atoms with van der Waals surface area (Å²) in [4.78, 5) is 11.9. The van der Waals surface area contributed by atoms with E-state index in [-0.39, 0.29) is 5.76 Å². The summed E-state index contributed by atoms with van der Waals surface area (Å²) in [5.74, 6) is -0.474. The zero-order chi connectivity index (χ0) is 12.3. The molecule has 0 radical (unpaired) electrons. The molecular formula is C12H11NO3S. The summed E-state index contributed by atoms with van der Waals surface area (Å²) in [6, 6.07) is 9.11. The van der Waals surface area contributed by atoms with Crippen molar-refractivity contribution in [3.05, 3.63) is 47.9 Å². The average Bonchev–Trinajstić information content (AvgIpc) is 2.76. The number of anilines is 1. The van der Waals surface area contributed by atoms with Crippen LogP contribution in [0.15, 0.2) is 45.9 Å². The molecule has 0 spiro atoms. The normalized spacial score (nSPS) is 10.4. The van der Waals surface area contributed by atoms with Crippen LogP contribution in [0, 0.1) is 0 Å². The number of nitrogens with two attached hydrogens (primary N) is 1. The molecule has 2 aromatic rings. The molecule has 88 valence electrons. The lowest BCUT2D eigenvalue weighted by Gasteiger charge is -2.01. The van der Waals surface area contributed by atoms with Gasteiger partial charge in [-0.05, 0) is 30.3 Å². The molecule has 0 amide bonds. The van der Waals surface area contributed by atoms with E-state index in [1.54, 1.807) is 6.07 Å². The predicted octanol–water partition coefficient (Wildman–Crippen LogP) is 2.85. The Morgan fingerprint density at radius 1 is 1.29 bits per heavy atom. The summed E-state index contributed by atoms with van der Waals surface area (Å²) in [6.07, 6.45) is 1.39. The Balaban J connectivity index is 2.05. The highest BCUT2D eigenvalue weighted by atomic mass is 32.2. The Kier molecular flexibility index (Phi) is 3.39. The van der Waals surface area contributed by atoms with E-state index in [1.807, 2.05) is 24.3 Å². The average molecular weight is 249 g/mol. The SMILES string of the molecule is Nc1ccc(SCc2ccoc2C(=O)O)cc1. The summed E-state index contributed by atoms with van der Waals surface area (Å²) in [5.41, 5.74) is 6.97. The first-order valence-electron chi connectivity index (χ1n) is 4.95. The Labute approximate surface area is 102 Å². The van der Waals surface area contributed by atoms with Crippen molar-refractivity contribution in [3.63, 3.8) is 0 Å². The molecule has 0 fully saturated rings. The Morgan fingerprint density at radius 2 is 2.00 bits per heavy atom. The minimum atomic E-state index is -1.04. The number of nitrogen functional groups attached to an aromatic ring is 1. The fourth-order valence-electron chi connectivity index (χ4n) is 1.36. The van der Waals surface area contributed by atoms with E-state index in [4.69, 9.17) is 15.3 Å². The monoisotopic (exact) mass is 249 g/mol. The Morgan fingerprint density at radius 3 is 2.65 bits per heavy atom. The molecule has 0 aliphatic heterocycles. The lowest BCUT2D eigenvalue weighted by atomic mass is 10.3. The van der Waals surface area contributed by atoms with Crippen LogP contribution in [0.1, 0.15) is 16.1 Å². The molecular weight excluding hydrogens is 238 g/mol. The zero-order valence-electron chi connectivity index (χ0n) is 8.92. The van der Waals surface area contributed by atoms with Crippen LogP contribution in [0.5, 0.6) is 0 Å². The van der Waals surface area contributed by atoms with Crippen molar-refractivity contribution in [2.75, 3.05) is 5.73 Å². The number of furan rings is 1. The maximum atomic E-state index is 10.8. The maximum absolute atomic E-state index is 10.8. The smallest absolute Gasteiger partial charge is 0.372 e. The molecule has 1 aromatic heterocycles. The summed E-state index contributed by atoms with van der Waals surface area (Å²) >= 11 is 1.54. The van der Waals surface area contributed by atoms with Gasteiger partial charge in [-0.2, -0.15) is 0 Å². The molecule has 0 unspecified atom stereocenters. The largest absolute Gasteiger partial charge is 0.475 e. The highest BCUT2D eigenvalue weighted by Gasteiger charge is 2.13. The highest BCUT2D eigenvalue weighted by molar-refractivity contribution is 7.98. The van der Waals surface area contributed by atoms with Gasteiger partial charge in [-0.1, -0.05) is 0 Å². The van der Waals surface area contributed by atoms with Crippen molar-refractivity contribution < 1.29 is 14.3 Å². The van der Waals surface area contributed by atoms with Gasteiger partial charge in [-0.3, -0.25) is 0 Å². The van der Waals surface area contributed by atoms with Gasteiger partial charge in [-0.25, -0.2) is 4.79 Å². The minimum Gasteiger partial charge on any atom is -0.475 e. The number of rotatable bonds is 4. The predicted molar refractivity (Wildman–Crippen MR) is 66.1 cm³/mol. The topological polar surface area (TPSA) is 76.5 Å². The fourth-order valence-corrected chi connectivity index (χ4v) is 2.24. The van der Waals surface area contributed by atoms with Crippen LogP contribution in [-0.4, -0.2) is 11.1 Å². The van der Waals surface area contributed by atoms with Crippen molar-refractivity contribution >= 4 is 23.4 Å². The van der Waals surface area contributed by atoms with Crippen molar-refractivity contribution in [3.8, 4) is 0 Å². The van der Waals surface area contributed by atoms with Crippen molar-refractivity contribution in [1.29, 1.82) is 0 Å². The van der Waals surface area contributed by atoms with Gasteiger partial charge in [0.15, 0.2) is 0 Å². The van der Waals surface area contributed by atoms with Crippen molar-refractivity contribution in [2.45, 2.75) is 10.6 Å². The third kappa shape index (κ3) is 2.82. The number of carbonyl (C=O) groups is 1. The molecule has 4 nitrogen and oxygen atoms in total. The van der Waals surface area contributed by atoms with E-state index >= 15 is 0 Å². The van der Waals surface area contributed by atoms with E-state index in [9.17, 15) is 4.79 Å².